The fraction of sp³-hybridized carbons (Fsp3) is 0.500. The highest BCUT2D eigenvalue weighted by Crippen LogP contribution is 2.24. The van der Waals surface area contributed by atoms with Crippen molar-refractivity contribution in [1.82, 2.24) is 10.2 Å². The number of rotatable bonds is 12. The SMILES string of the molecule is COc1cccc(N(CCCC(=O)N(Cc2ccccc2)C(C)C(=O)NC2CCCCC2)S(C)(=O)=O)c1. The Labute approximate surface area is 221 Å². The Kier molecular flexibility index (Phi) is 10.4. The van der Waals surface area contributed by atoms with Crippen molar-refractivity contribution in [3.8, 4) is 5.75 Å². The lowest BCUT2D eigenvalue weighted by molar-refractivity contribution is -0.141. The Hall–Kier alpha value is -3.07. The van der Waals surface area contributed by atoms with Gasteiger partial charge in [-0.1, -0.05) is 55.7 Å². The van der Waals surface area contributed by atoms with Crippen LogP contribution in [-0.4, -0.2) is 57.1 Å². The Balaban J connectivity index is 1.70. The summed E-state index contributed by atoms with van der Waals surface area (Å²) >= 11 is 0. The lowest BCUT2D eigenvalue weighted by Gasteiger charge is -2.31. The van der Waals surface area contributed by atoms with Gasteiger partial charge in [0.1, 0.15) is 11.8 Å². The van der Waals surface area contributed by atoms with Crippen LogP contribution in [0.4, 0.5) is 5.69 Å². The van der Waals surface area contributed by atoms with Gasteiger partial charge < -0.3 is 15.0 Å². The third-order valence-corrected chi connectivity index (χ3v) is 8.00. The van der Waals surface area contributed by atoms with Crippen LogP contribution in [0.1, 0.15) is 57.4 Å². The van der Waals surface area contributed by atoms with Crippen molar-refractivity contribution in [2.75, 3.05) is 24.2 Å². The number of anilines is 1. The first-order chi connectivity index (χ1) is 17.7. The molecule has 0 aromatic heterocycles. The van der Waals surface area contributed by atoms with Gasteiger partial charge >= 0.3 is 0 Å². The van der Waals surface area contributed by atoms with E-state index in [9.17, 15) is 18.0 Å². The fourth-order valence-electron chi connectivity index (χ4n) is 4.70. The molecule has 3 rings (SSSR count). The Morgan fingerprint density at radius 3 is 2.41 bits per heavy atom. The van der Waals surface area contributed by atoms with Crippen molar-refractivity contribution in [2.45, 2.75) is 70.5 Å². The number of hydrogen-bond acceptors (Lipinski definition) is 5. The molecule has 0 bridgehead atoms. The van der Waals surface area contributed by atoms with E-state index in [2.05, 4.69) is 5.32 Å². The quantitative estimate of drug-likeness (QED) is 0.447. The van der Waals surface area contributed by atoms with E-state index < -0.39 is 16.1 Å². The molecule has 2 amide bonds. The Morgan fingerprint density at radius 1 is 1.05 bits per heavy atom. The Morgan fingerprint density at radius 2 is 1.76 bits per heavy atom. The van der Waals surface area contributed by atoms with Crippen LogP contribution < -0.4 is 14.4 Å². The fourth-order valence-corrected chi connectivity index (χ4v) is 5.66. The van der Waals surface area contributed by atoms with Crippen molar-refractivity contribution >= 4 is 27.5 Å². The molecule has 0 saturated heterocycles. The number of amides is 2. The first kappa shape index (κ1) is 28.5. The Bertz CT molecular complexity index is 1130. The zero-order chi connectivity index (χ0) is 26.8. The maximum Gasteiger partial charge on any atom is 0.242 e. The number of nitrogens with one attached hydrogen (secondary N) is 1. The molecule has 1 N–H and O–H groups in total. The maximum absolute atomic E-state index is 13.4. The van der Waals surface area contributed by atoms with Crippen molar-refractivity contribution < 1.29 is 22.7 Å². The molecule has 9 heteroatoms. The standard InChI is InChI=1S/C28H39N3O5S/c1-22(28(33)29-24-14-8-5-9-15-24)30(21-23-12-6-4-7-13-23)27(32)18-11-19-31(37(3,34)35)25-16-10-17-26(20-25)36-2/h4,6-7,10,12-13,16-17,20,22,24H,5,8-9,11,14-15,18-19,21H2,1-3H3,(H,29,33). The van der Waals surface area contributed by atoms with Gasteiger partial charge in [-0.2, -0.15) is 0 Å². The minimum atomic E-state index is -3.57. The molecule has 1 fully saturated rings. The molecule has 0 heterocycles. The van der Waals surface area contributed by atoms with E-state index in [0.29, 0.717) is 24.4 Å². The average Bonchev–Trinajstić information content (AvgIpc) is 2.89. The van der Waals surface area contributed by atoms with Crippen molar-refractivity contribution in [3.63, 3.8) is 0 Å². The summed E-state index contributed by atoms with van der Waals surface area (Å²) in [6.07, 6.45) is 6.92. The van der Waals surface area contributed by atoms with Gasteiger partial charge in [0.15, 0.2) is 0 Å². The molecular weight excluding hydrogens is 490 g/mol. The molecule has 1 atom stereocenters. The van der Waals surface area contributed by atoms with Crippen LogP contribution in [0.3, 0.4) is 0 Å². The first-order valence-corrected chi connectivity index (χ1v) is 14.8. The number of carbonyl (C=O) groups is 2. The van der Waals surface area contributed by atoms with Gasteiger partial charge in [-0.25, -0.2) is 8.42 Å². The summed E-state index contributed by atoms with van der Waals surface area (Å²) in [5.41, 5.74) is 1.41. The van der Waals surface area contributed by atoms with Crippen LogP contribution in [0.2, 0.25) is 0 Å². The van der Waals surface area contributed by atoms with Gasteiger partial charge in [0, 0.05) is 31.6 Å². The van der Waals surface area contributed by atoms with Gasteiger partial charge in [0.05, 0.1) is 19.1 Å². The number of benzene rings is 2. The van der Waals surface area contributed by atoms with Crippen LogP contribution in [-0.2, 0) is 26.2 Å². The second kappa shape index (κ2) is 13.5. The van der Waals surface area contributed by atoms with E-state index in [1.165, 1.54) is 17.8 Å². The molecule has 1 saturated carbocycles. The molecule has 2 aromatic rings. The number of sulfonamides is 1. The molecule has 1 aliphatic carbocycles. The first-order valence-electron chi connectivity index (χ1n) is 12.9. The zero-order valence-electron chi connectivity index (χ0n) is 22.1. The third-order valence-electron chi connectivity index (χ3n) is 6.81. The van der Waals surface area contributed by atoms with Crippen molar-refractivity contribution in [1.29, 1.82) is 0 Å². The summed E-state index contributed by atoms with van der Waals surface area (Å²) in [7, 11) is -2.04. The van der Waals surface area contributed by atoms with Crippen LogP contribution in [0, 0.1) is 0 Å². The summed E-state index contributed by atoms with van der Waals surface area (Å²) in [5.74, 6) is 0.216. The molecule has 1 aliphatic rings. The molecule has 0 radical (unpaired) electrons. The smallest absolute Gasteiger partial charge is 0.242 e. The lowest BCUT2D eigenvalue weighted by atomic mass is 9.95. The highest BCUT2D eigenvalue weighted by atomic mass is 32.2. The van der Waals surface area contributed by atoms with Crippen LogP contribution in [0.15, 0.2) is 54.6 Å². The molecule has 8 nitrogen and oxygen atoms in total. The summed E-state index contributed by atoms with van der Waals surface area (Å²) in [6.45, 7) is 2.21. The van der Waals surface area contributed by atoms with E-state index in [0.717, 1.165) is 37.5 Å². The van der Waals surface area contributed by atoms with E-state index >= 15 is 0 Å². The number of hydrogen-bond donors (Lipinski definition) is 1. The second-order valence-corrected chi connectivity index (χ2v) is 11.6. The summed E-state index contributed by atoms with van der Waals surface area (Å²) in [5, 5.41) is 3.13. The van der Waals surface area contributed by atoms with Gasteiger partial charge in [-0.05, 0) is 43.9 Å². The molecule has 37 heavy (non-hydrogen) atoms. The minimum absolute atomic E-state index is 0.115. The highest BCUT2D eigenvalue weighted by Gasteiger charge is 2.28. The van der Waals surface area contributed by atoms with Crippen LogP contribution in [0.25, 0.3) is 0 Å². The predicted molar refractivity (Wildman–Crippen MR) is 146 cm³/mol. The van der Waals surface area contributed by atoms with Gasteiger partial charge in [-0.3, -0.25) is 13.9 Å². The van der Waals surface area contributed by atoms with Crippen molar-refractivity contribution in [3.05, 3.63) is 60.2 Å². The van der Waals surface area contributed by atoms with E-state index in [1.807, 2.05) is 30.3 Å². The number of methoxy groups -OCH3 is 1. The highest BCUT2D eigenvalue weighted by molar-refractivity contribution is 7.92. The topological polar surface area (TPSA) is 96.0 Å². The number of nitrogens with zero attached hydrogens (tertiary/aromatic N) is 2. The molecule has 0 aliphatic heterocycles. The van der Waals surface area contributed by atoms with Crippen LogP contribution >= 0.6 is 0 Å². The van der Waals surface area contributed by atoms with Gasteiger partial charge in [0.25, 0.3) is 0 Å². The molecule has 1 unspecified atom stereocenters. The van der Waals surface area contributed by atoms with Crippen molar-refractivity contribution in [2.24, 2.45) is 0 Å². The van der Waals surface area contributed by atoms with Gasteiger partial charge in [0.2, 0.25) is 21.8 Å². The summed E-state index contributed by atoms with van der Waals surface area (Å²) in [4.78, 5) is 28.1. The summed E-state index contributed by atoms with van der Waals surface area (Å²) < 4.78 is 31.5. The maximum atomic E-state index is 13.4. The molecule has 0 spiro atoms. The zero-order valence-corrected chi connectivity index (χ0v) is 22.9. The number of ether oxygens (including phenoxy) is 1. The number of carbonyl (C=O) groups excluding carboxylic acids is 2. The average molecular weight is 530 g/mol. The van der Waals surface area contributed by atoms with E-state index in [-0.39, 0.29) is 30.8 Å². The molecule has 2 aromatic carbocycles. The molecular formula is C28H39N3O5S. The summed E-state index contributed by atoms with van der Waals surface area (Å²) in [6, 6.07) is 15.9. The van der Waals surface area contributed by atoms with Crippen LogP contribution in [0.5, 0.6) is 5.75 Å². The third kappa shape index (κ3) is 8.49. The minimum Gasteiger partial charge on any atom is -0.497 e. The second-order valence-electron chi connectivity index (χ2n) is 9.67. The normalized spacial score (nSPS) is 15.0. The van der Waals surface area contributed by atoms with E-state index in [1.54, 1.807) is 36.1 Å². The monoisotopic (exact) mass is 529 g/mol. The largest absolute Gasteiger partial charge is 0.497 e. The van der Waals surface area contributed by atoms with Gasteiger partial charge in [-0.15, -0.1) is 0 Å². The van der Waals surface area contributed by atoms with E-state index in [4.69, 9.17) is 4.74 Å². The predicted octanol–water partition coefficient (Wildman–Crippen LogP) is 4.11. The lowest BCUT2D eigenvalue weighted by Crippen LogP contribution is -2.50. The molecule has 202 valence electrons.